The quantitative estimate of drug-likeness (QED) is 0.914. The van der Waals surface area contributed by atoms with Crippen molar-refractivity contribution in [3.8, 4) is 0 Å². The summed E-state index contributed by atoms with van der Waals surface area (Å²) in [6.45, 7) is 4.18. The molecule has 1 aromatic heterocycles. The zero-order chi connectivity index (χ0) is 17.0. The molecule has 1 aliphatic heterocycles. The highest BCUT2D eigenvalue weighted by Crippen LogP contribution is 2.25. The van der Waals surface area contributed by atoms with Crippen LogP contribution in [0.25, 0.3) is 0 Å². The molecule has 1 aromatic carbocycles. The van der Waals surface area contributed by atoms with Crippen LogP contribution in [-0.2, 0) is 17.7 Å². The molecule has 0 amide bonds. The Morgan fingerprint density at radius 1 is 1.29 bits per heavy atom. The minimum absolute atomic E-state index is 0.0669. The van der Waals surface area contributed by atoms with Crippen molar-refractivity contribution >= 4 is 0 Å². The molecule has 24 heavy (non-hydrogen) atoms. The van der Waals surface area contributed by atoms with Crippen LogP contribution in [0, 0.1) is 12.7 Å². The van der Waals surface area contributed by atoms with Gasteiger partial charge in [0.25, 0.3) is 0 Å². The van der Waals surface area contributed by atoms with Gasteiger partial charge in [-0.25, -0.2) is 4.39 Å². The Labute approximate surface area is 141 Å². The Balaban J connectivity index is 1.74. The molecule has 0 radical (unpaired) electrons. The molecule has 0 aliphatic carbocycles. The minimum Gasteiger partial charge on any atom is -0.393 e. The van der Waals surface area contributed by atoms with Crippen LogP contribution in [0.15, 0.2) is 42.6 Å². The first-order valence-corrected chi connectivity index (χ1v) is 8.23. The summed E-state index contributed by atoms with van der Waals surface area (Å²) in [6, 6.07) is 11.1. The van der Waals surface area contributed by atoms with E-state index < -0.39 is 5.60 Å². The lowest BCUT2D eigenvalue weighted by atomic mass is 9.91. The van der Waals surface area contributed by atoms with Crippen molar-refractivity contribution in [3.05, 3.63) is 65.2 Å². The average Bonchev–Trinajstić information content (AvgIpc) is 2.59. The summed E-state index contributed by atoms with van der Waals surface area (Å²) in [5.74, 6) is -0.294. The van der Waals surface area contributed by atoms with Crippen LogP contribution in [0.5, 0.6) is 0 Å². The molecule has 128 valence electrons. The number of ether oxygens (including phenoxy) is 1. The van der Waals surface area contributed by atoms with Gasteiger partial charge in [0, 0.05) is 32.3 Å². The monoisotopic (exact) mass is 330 g/mol. The van der Waals surface area contributed by atoms with Crippen LogP contribution in [0.2, 0.25) is 0 Å². The predicted octanol–water partition coefficient (Wildman–Crippen LogP) is 2.34. The maximum absolute atomic E-state index is 13.8. The van der Waals surface area contributed by atoms with Gasteiger partial charge in [0.1, 0.15) is 11.4 Å². The van der Waals surface area contributed by atoms with Crippen molar-refractivity contribution < 1.29 is 14.2 Å². The van der Waals surface area contributed by atoms with Crippen LogP contribution in [0.3, 0.4) is 0 Å². The van der Waals surface area contributed by atoms with Crippen molar-refractivity contribution in [2.24, 2.45) is 0 Å². The fourth-order valence-corrected chi connectivity index (χ4v) is 3.22. The van der Waals surface area contributed by atoms with Crippen LogP contribution >= 0.6 is 0 Å². The average molecular weight is 330 g/mol. The number of morpholine rings is 1. The molecule has 2 aromatic rings. The highest BCUT2D eigenvalue weighted by atomic mass is 19.1. The molecule has 0 saturated carbocycles. The van der Waals surface area contributed by atoms with E-state index >= 15 is 0 Å². The van der Waals surface area contributed by atoms with Crippen LogP contribution in [-0.4, -0.2) is 46.9 Å². The van der Waals surface area contributed by atoms with E-state index in [2.05, 4.69) is 28.9 Å². The second kappa shape index (κ2) is 7.38. The number of aliphatic hydroxyl groups excluding tert-OH is 1. The summed E-state index contributed by atoms with van der Waals surface area (Å²) < 4.78 is 19.8. The van der Waals surface area contributed by atoms with E-state index in [4.69, 9.17) is 4.74 Å². The second-order valence-corrected chi connectivity index (χ2v) is 6.44. The molecule has 5 heteroatoms. The third-order valence-electron chi connectivity index (χ3n) is 4.60. The predicted molar refractivity (Wildman–Crippen MR) is 90.1 cm³/mol. The lowest BCUT2D eigenvalue weighted by Gasteiger charge is -2.42. The normalized spacial score (nSPS) is 21.8. The van der Waals surface area contributed by atoms with Gasteiger partial charge in [0.15, 0.2) is 0 Å². The topological polar surface area (TPSA) is 45.6 Å². The molecule has 1 aliphatic rings. The van der Waals surface area contributed by atoms with E-state index in [-0.39, 0.29) is 12.4 Å². The maximum Gasteiger partial charge on any atom is 0.146 e. The number of hydrogen-bond acceptors (Lipinski definition) is 4. The first kappa shape index (κ1) is 17.0. The van der Waals surface area contributed by atoms with Crippen molar-refractivity contribution in [1.29, 1.82) is 0 Å². The molecule has 1 fully saturated rings. The van der Waals surface area contributed by atoms with Gasteiger partial charge in [-0.2, -0.15) is 0 Å². The van der Waals surface area contributed by atoms with E-state index in [1.165, 1.54) is 11.6 Å². The van der Waals surface area contributed by atoms with Gasteiger partial charge >= 0.3 is 0 Å². The van der Waals surface area contributed by atoms with Gasteiger partial charge in [0.2, 0.25) is 0 Å². The van der Waals surface area contributed by atoms with E-state index in [0.29, 0.717) is 38.4 Å². The third-order valence-corrected chi connectivity index (χ3v) is 4.60. The number of aromatic nitrogens is 1. The molecular formula is C19H23FN2O2. The van der Waals surface area contributed by atoms with Crippen LogP contribution in [0.1, 0.15) is 16.8 Å². The zero-order valence-electron chi connectivity index (χ0n) is 13.9. The zero-order valence-corrected chi connectivity index (χ0v) is 13.9. The molecule has 1 atom stereocenters. The number of hydrogen-bond donors (Lipinski definition) is 1. The number of nitrogens with zero attached hydrogens (tertiary/aromatic N) is 2. The summed E-state index contributed by atoms with van der Waals surface area (Å²) >= 11 is 0. The van der Waals surface area contributed by atoms with E-state index in [9.17, 15) is 9.50 Å². The lowest BCUT2D eigenvalue weighted by molar-refractivity contribution is -0.134. The standard InChI is InChI=1S/C19H23FN2O2/c1-15-5-2-3-6-16(15)11-19(14-23)13-22(9-10-24-19)12-18-17(20)7-4-8-21-18/h2-8,23H,9-14H2,1H3. The molecule has 2 heterocycles. The van der Waals surface area contributed by atoms with Gasteiger partial charge in [-0.05, 0) is 30.2 Å². The van der Waals surface area contributed by atoms with Gasteiger partial charge in [-0.15, -0.1) is 0 Å². The SMILES string of the molecule is Cc1ccccc1CC1(CO)CN(Cc2ncccc2F)CCO1. The number of pyridine rings is 1. The molecule has 4 nitrogen and oxygen atoms in total. The van der Waals surface area contributed by atoms with Gasteiger partial charge in [0.05, 0.1) is 18.9 Å². The van der Waals surface area contributed by atoms with Crippen LogP contribution in [0.4, 0.5) is 4.39 Å². The number of benzene rings is 1. The molecule has 1 saturated heterocycles. The Morgan fingerprint density at radius 3 is 2.88 bits per heavy atom. The summed E-state index contributed by atoms with van der Waals surface area (Å²) in [4.78, 5) is 6.22. The Hall–Kier alpha value is -1.82. The van der Waals surface area contributed by atoms with Gasteiger partial charge in [-0.3, -0.25) is 9.88 Å². The number of halogens is 1. The second-order valence-electron chi connectivity index (χ2n) is 6.44. The van der Waals surface area contributed by atoms with Crippen LogP contribution < -0.4 is 0 Å². The van der Waals surface area contributed by atoms with Gasteiger partial charge < -0.3 is 9.84 Å². The smallest absolute Gasteiger partial charge is 0.146 e. The third kappa shape index (κ3) is 3.80. The Kier molecular flexibility index (Phi) is 5.23. The molecule has 3 rings (SSSR count). The summed E-state index contributed by atoms with van der Waals surface area (Å²) in [5, 5.41) is 9.99. The van der Waals surface area contributed by atoms with E-state index in [0.717, 1.165) is 5.56 Å². The number of aliphatic hydroxyl groups is 1. The first-order valence-electron chi connectivity index (χ1n) is 8.23. The minimum atomic E-state index is -0.657. The van der Waals surface area contributed by atoms with Crippen molar-refractivity contribution in [2.45, 2.75) is 25.5 Å². The number of rotatable bonds is 5. The molecule has 1 unspecified atom stereocenters. The molecule has 1 N–H and O–H groups in total. The first-order chi connectivity index (χ1) is 11.6. The fourth-order valence-electron chi connectivity index (χ4n) is 3.22. The van der Waals surface area contributed by atoms with E-state index in [1.54, 1.807) is 12.3 Å². The summed E-state index contributed by atoms with van der Waals surface area (Å²) in [7, 11) is 0. The van der Waals surface area contributed by atoms with Gasteiger partial charge in [-0.1, -0.05) is 24.3 Å². The summed E-state index contributed by atoms with van der Waals surface area (Å²) in [5.41, 5.74) is 2.12. The lowest BCUT2D eigenvalue weighted by Crippen LogP contribution is -2.55. The largest absolute Gasteiger partial charge is 0.393 e. The molecule has 0 spiro atoms. The fraction of sp³-hybridized carbons (Fsp3) is 0.421. The highest BCUT2D eigenvalue weighted by Gasteiger charge is 2.37. The van der Waals surface area contributed by atoms with E-state index in [1.807, 2.05) is 12.1 Å². The highest BCUT2D eigenvalue weighted by molar-refractivity contribution is 5.27. The number of aryl methyl sites for hydroxylation is 1. The van der Waals surface area contributed by atoms with Crippen molar-refractivity contribution in [2.75, 3.05) is 26.3 Å². The Morgan fingerprint density at radius 2 is 2.12 bits per heavy atom. The maximum atomic E-state index is 13.8. The summed E-state index contributed by atoms with van der Waals surface area (Å²) in [6.07, 6.45) is 2.24. The molecular weight excluding hydrogens is 307 g/mol. The Bertz CT molecular complexity index is 695. The van der Waals surface area contributed by atoms with Crippen molar-refractivity contribution in [3.63, 3.8) is 0 Å². The van der Waals surface area contributed by atoms with Crippen molar-refractivity contribution in [1.82, 2.24) is 9.88 Å². The molecule has 0 bridgehead atoms.